The minimum Gasteiger partial charge on any atom is -0.371 e. The molecule has 16 heavy (non-hydrogen) atoms. The van der Waals surface area contributed by atoms with Crippen LogP contribution in [0.3, 0.4) is 0 Å². The van der Waals surface area contributed by atoms with Crippen molar-refractivity contribution in [3.05, 3.63) is 28.2 Å². The normalized spacial score (nSPS) is 20.4. The van der Waals surface area contributed by atoms with Crippen LogP contribution in [0.1, 0.15) is 31.2 Å². The van der Waals surface area contributed by atoms with Crippen molar-refractivity contribution in [3.8, 4) is 0 Å². The lowest BCUT2D eigenvalue weighted by atomic mass is 10.1. The summed E-state index contributed by atoms with van der Waals surface area (Å²) < 4.78 is 1.29. The minimum absolute atomic E-state index is 0.949. The van der Waals surface area contributed by atoms with Crippen LogP contribution < -0.4 is 4.90 Å². The molecule has 2 aliphatic rings. The Balaban J connectivity index is 1.78. The number of benzene rings is 1. The monoisotopic (exact) mass is 279 g/mol. The van der Waals surface area contributed by atoms with E-state index >= 15 is 0 Å². The molecule has 3 rings (SSSR count). The Morgan fingerprint density at radius 3 is 2.88 bits per heavy atom. The predicted molar refractivity (Wildman–Crippen MR) is 72.0 cm³/mol. The van der Waals surface area contributed by atoms with Crippen LogP contribution in [0.15, 0.2) is 22.7 Å². The summed E-state index contributed by atoms with van der Waals surface area (Å²) in [4.78, 5) is 2.59. The molecular weight excluding hydrogens is 262 g/mol. The highest BCUT2D eigenvalue weighted by Crippen LogP contribution is 2.35. The molecule has 1 heterocycles. The van der Waals surface area contributed by atoms with Crippen molar-refractivity contribution in [2.45, 2.75) is 32.1 Å². The zero-order valence-corrected chi connectivity index (χ0v) is 11.2. The fourth-order valence-corrected chi connectivity index (χ4v) is 3.71. The van der Waals surface area contributed by atoms with Crippen molar-refractivity contribution in [2.24, 2.45) is 5.92 Å². The summed E-state index contributed by atoms with van der Waals surface area (Å²) in [5, 5.41) is 0. The summed E-state index contributed by atoms with van der Waals surface area (Å²) in [6.07, 6.45) is 7.00. The van der Waals surface area contributed by atoms with Gasteiger partial charge in [-0.15, -0.1) is 0 Å². The quantitative estimate of drug-likeness (QED) is 0.791. The molecule has 1 aromatic carbocycles. The number of nitrogens with zero attached hydrogens (tertiary/aromatic N) is 1. The molecule has 0 unspecified atom stereocenters. The standard InChI is InChI=1S/C14H18BrN/c15-13-6-3-7-14-12(13)8-9-16(14)10-11-4-1-2-5-11/h3,6-7,11H,1-2,4-5,8-10H2. The molecule has 0 aromatic heterocycles. The van der Waals surface area contributed by atoms with Gasteiger partial charge in [0.25, 0.3) is 0 Å². The van der Waals surface area contributed by atoms with Gasteiger partial charge in [-0.25, -0.2) is 0 Å². The number of hydrogen-bond donors (Lipinski definition) is 0. The summed E-state index contributed by atoms with van der Waals surface area (Å²) in [6.45, 7) is 2.50. The molecule has 1 aliphatic heterocycles. The first-order chi connectivity index (χ1) is 7.84. The average molecular weight is 280 g/mol. The topological polar surface area (TPSA) is 3.24 Å². The lowest BCUT2D eigenvalue weighted by molar-refractivity contribution is 0.538. The maximum Gasteiger partial charge on any atom is 0.0410 e. The highest BCUT2D eigenvalue weighted by atomic mass is 79.9. The molecule has 1 saturated carbocycles. The zero-order valence-electron chi connectivity index (χ0n) is 9.58. The number of rotatable bonds is 2. The summed E-state index contributed by atoms with van der Waals surface area (Å²) in [7, 11) is 0. The second kappa shape index (κ2) is 4.40. The Hall–Kier alpha value is -0.500. The van der Waals surface area contributed by atoms with E-state index in [2.05, 4.69) is 39.0 Å². The second-order valence-corrected chi connectivity index (χ2v) is 5.94. The molecular formula is C14H18BrN. The van der Waals surface area contributed by atoms with Gasteiger partial charge in [-0.05, 0) is 42.9 Å². The molecule has 0 N–H and O–H groups in total. The molecule has 0 spiro atoms. The lowest BCUT2D eigenvalue weighted by Gasteiger charge is -2.23. The van der Waals surface area contributed by atoms with E-state index in [4.69, 9.17) is 0 Å². The fraction of sp³-hybridized carbons (Fsp3) is 0.571. The van der Waals surface area contributed by atoms with Crippen molar-refractivity contribution >= 4 is 21.6 Å². The van der Waals surface area contributed by atoms with Crippen LogP contribution in [0.25, 0.3) is 0 Å². The van der Waals surface area contributed by atoms with Crippen molar-refractivity contribution < 1.29 is 0 Å². The van der Waals surface area contributed by atoms with Gasteiger partial charge in [0, 0.05) is 23.2 Å². The molecule has 1 aromatic rings. The molecule has 1 nitrogen and oxygen atoms in total. The van der Waals surface area contributed by atoms with Gasteiger partial charge in [0.15, 0.2) is 0 Å². The van der Waals surface area contributed by atoms with E-state index in [1.807, 2.05) is 0 Å². The minimum atomic E-state index is 0.949. The van der Waals surface area contributed by atoms with Gasteiger partial charge in [0.05, 0.1) is 0 Å². The van der Waals surface area contributed by atoms with Crippen LogP contribution in [0.4, 0.5) is 5.69 Å². The summed E-state index contributed by atoms with van der Waals surface area (Å²) >= 11 is 3.66. The van der Waals surface area contributed by atoms with Gasteiger partial charge in [-0.1, -0.05) is 34.8 Å². The third kappa shape index (κ3) is 1.88. The predicted octanol–water partition coefficient (Wildman–Crippen LogP) is 4.00. The van der Waals surface area contributed by atoms with Crippen LogP contribution in [0.5, 0.6) is 0 Å². The molecule has 1 aliphatic carbocycles. The number of hydrogen-bond acceptors (Lipinski definition) is 1. The molecule has 0 saturated heterocycles. The molecule has 1 fully saturated rings. The zero-order chi connectivity index (χ0) is 11.0. The highest BCUT2D eigenvalue weighted by Gasteiger charge is 2.24. The van der Waals surface area contributed by atoms with Crippen molar-refractivity contribution in [2.75, 3.05) is 18.0 Å². The van der Waals surface area contributed by atoms with E-state index in [0.29, 0.717) is 0 Å². The Kier molecular flexibility index (Phi) is 2.93. The highest BCUT2D eigenvalue weighted by molar-refractivity contribution is 9.10. The van der Waals surface area contributed by atoms with Crippen LogP contribution >= 0.6 is 15.9 Å². The molecule has 0 amide bonds. The van der Waals surface area contributed by atoms with Gasteiger partial charge in [0.2, 0.25) is 0 Å². The summed E-state index contributed by atoms with van der Waals surface area (Å²) in [5.74, 6) is 0.949. The first-order valence-corrected chi connectivity index (χ1v) is 7.16. The van der Waals surface area contributed by atoms with Gasteiger partial charge in [-0.3, -0.25) is 0 Å². The third-order valence-corrected chi connectivity index (χ3v) is 4.76. The van der Waals surface area contributed by atoms with Crippen LogP contribution in [0, 0.1) is 5.92 Å². The number of anilines is 1. The van der Waals surface area contributed by atoms with Crippen molar-refractivity contribution in [1.82, 2.24) is 0 Å². The summed E-state index contributed by atoms with van der Waals surface area (Å²) in [6, 6.07) is 6.61. The number of halogens is 1. The largest absolute Gasteiger partial charge is 0.371 e. The molecule has 0 atom stereocenters. The Bertz CT molecular complexity index is 382. The van der Waals surface area contributed by atoms with Crippen LogP contribution in [-0.4, -0.2) is 13.1 Å². The van der Waals surface area contributed by atoms with E-state index in [0.717, 1.165) is 5.92 Å². The first-order valence-electron chi connectivity index (χ1n) is 6.37. The molecule has 0 radical (unpaired) electrons. The van der Waals surface area contributed by atoms with Crippen molar-refractivity contribution in [3.63, 3.8) is 0 Å². The first kappa shape index (κ1) is 10.6. The third-order valence-electron chi connectivity index (χ3n) is 4.02. The van der Waals surface area contributed by atoms with Crippen LogP contribution in [-0.2, 0) is 6.42 Å². The Labute approximate surface area is 106 Å². The van der Waals surface area contributed by atoms with Gasteiger partial charge in [-0.2, -0.15) is 0 Å². The lowest BCUT2D eigenvalue weighted by Crippen LogP contribution is -2.26. The van der Waals surface area contributed by atoms with Gasteiger partial charge >= 0.3 is 0 Å². The maximum absolute atomic E-state index is 3.66. The maximum atomic E-state index is 3.66. The Morgan fingerprint density at radius 2 is 2.06 bits per heavy atom. The Morgan fingerprint density at radius 1 is 1.25 bits per heavy atom. The molecule has 2 heteroatoms. The summed E-state index contributed by atoms with van der Waals surface area (Å²) in [5.41, 5.74) is 2.99. The smallest absolute Gasteiger partial charge is 0.0410 e. The van der Waals surface area contributed by atoms with Gasteiger partial charge < -0.3 is 4.90 Å². The van der Waals surface area contributed by atoms with Crippen LogP contribution in [0.2, 0.25) is 0 Å². The van der Waals surface area contributed by atoms with Crippen molar-refractivity contribution in [1.29, 1.82) is 0 Å². The van der Waals surface area contributed by atoms with Gasteiger partial charge in [0.1, 0.15) is 0 Å². The fourth-order valence-electron chi connectivity index (χ4n) is 3.15. The molecule has 86 valence electrons. The average Bonchev–Trinajstić information content (AvgIpc) is 2.90. The van der Waals surface area contributed by atoms with E-state index in [1.165, 1.54) is 60.9 Å². The second-order valence-electron chi connectivity index (χ2n) is 5.08. The van der Waals surface area contributed by atoms with E-state index in [1.54, 1.807) is 0 Å². The number of fused-ring (bicyclic) bond motifs is 1. The van der Waals surface area contributed by atoms with E-state index < -0.39 is 0 Å². The molecule has 0 bridgehead atoms. The van der Waals surface area contributed by atoms with E-state index in [-0.39, 0.29) is 0 Å². The SMILES string of the molecule is Brc1cccc2c1CCN2CC1CCCC1. The van der Waals surface area contributed by atoms with E-state index in [9.17, 15) is 0 Å².